The topological polar surface area (TPSA) is 514 Å². The fourth-order valence-corrected chi connectivity index (χ4v) is 9.49. The molecular formula is C62H99F3N12O26. The number of guanidine groups is 2. The second-order valence-electron chi connectivity index (χ2n) is 23.0. The number of amides is 2. The van der Waals surface area contributed by atoms with E-state index in [9.17, 15) is 67.8 Å². The number of carboxylic acids is 2. The zero-order chi connectivity index (χ0) is 75.6. The molecule has 584 valence electrons. The Morgan fingerprint density at radius 3 is 1.33 bits per heavy atom. The van der Waals surface area contributed by atoms with Crippen LogP contribution < -0.4 is 27.7 Å². The molecule has 4 rings (SSSR count). The molecule has 2 aliphatic rings. The maximum absolute atomic E-state index is 13.6. The van der Waals surface area contributed by atoms with Gasteiger partial charge < -0.3 is 134 Å². The van der Waals surface area contributed by atoms with Crippen LogP contribution in [0.25, 0.3) is 0 Å². The van der Waals surface area contributed by atoms with Gasteiger partial charge in [0.25, 0.3) is 0 Å². The van der Waals surface area contributed by atoms with Crippen molar-refractivity contribution in [1.82, 2.24) is 29.7 Å². The molecule has 10 atom stereocenters. The van der Waals surface area contributed by atoms with Crippen LogP contribution in [0.2, 0.25) is 0 Å². The average molecular weight is 1490 g/mol. The minimum atomic E-state index is -1.69. The summed E-state index contributed by atoms with van der Waals surface area (Å²) in [5.74, 6) is -11.9. The van der Waals surface area contributed by atoms with Gasteiger partial charge in [-0.05, 0) is 12.2 Å². The van der Waals surface area contributed by atoms with Crippen LogP contribution in [0.3, 0.4) is 0 Å². The number of nitrogens with zero attached hydrogens (tertiary/aromatic N) is 8. The van der Waals surface area contributed by atoms with Gasteiger partial charge in [-0.3, -0.25) is 9.69 Å². The van der Waals surface area contributed by atoms with Gasteiger partial charge in [-0.15, -0.1) is 5.10 Å². The molecule has 103 heavy (non-hydrogen) atoms. The molecule has 3 heterocycles. The minimum absolute atomic E-state index is 0.00342. The highest BCUT2D eigenvalue weighted by molar-refractivity contribution is 5.85. The Kier molecular flexibility index (Phi) is 41.6. The molecule has 1 unspecified atom stereocenters. The number of esters is 1. The molecule has 14 N–H and O–H groups in total. The zero-order valence-corrected chi connectivity index (χ0v) is 58.0. The van der Waals surface area contributed by atoms with E-state index in [1.54, 1.807) is 24.7 Å². The minimum Gasteiger partial charge on any atom is -0.479 e. The number of hydrogen-bond acceptors (Lipinski definition) is 29. The Bertz CT molecular complexity index is 2840. The summed E-state index contributed by atoms with van der Waals surface area (Å²) in [6.45, 7) is 7.46. The van der Waals surface area contributed by atoms with Gasteiger partial charge in [-0.2, -0.15) is 0 Å². The van der Waals surface area contributed by atoms with Crippen molar-refractivity contribution in [3.63, 3.8) is 0 Å². The van der Waals surface area contributed by atoms with Crippen molar-refractivity contribution in [3.05, 3.63) is 65.1 Å². The van der Waals surface area contributed by atoms with Gasteiger partial charge in [0, 0.05) is 70.8 Å². The molecule has 1 aromatic heterocycles. The Hall–Kier alpha value is -7.88. The molecule has 0 fully saturated rings. The van der Waals surface area contributed by atoms with Gasteiger partial charge in [0.05, 0.1) is 177 Å². The number of aliphatic carboxylic acids is 2. The van der Waals surface area contributed by atoms with E-state index in [1.807, 2.05) is 4.90 Å². The van der Waals surface area contributed by atoms with E-state index in [0.29, 0.717) is 96.9 Å². The lowest BCUT2D eigenvalue weighted by Gasteiger charge is -2.38. The summed E-state index contributed by atoms with van der Waals surface area (Å²) in [6, 6.07) is -1.06. The molecular weight excluding hydrogens is 1390 g/mol. The van der Waals surface area contributed by atoms with Crippen molar-refractivity contribution >= 4 is 42.0 Å². The van der Waals surface area contributed by atoms with E-state index < -0.39 is 139 Å². The molecule has 0 saturated heterocycles. The zero-order valence-electron chi connectivity index (χ0n) is 58.0. The molecule has 1 aromatic carbocycles. The molecule has 2 aromatic rings. The van der Waals surface area contributed by atoms with Crippen LogP contribution in [-0.4, -0.2) is 337 Å². The number of aliphatic hydroxyl groups is 4. The number of hydrogen-bond donors (Lipinski definition) is 10. The first-order valence-corrected chi connectivity index (χ1v) is 32.9. The van der Waals surface area contributed by atoms with Crippen molar-refractivity contribution in [2.45, 2.75) is 82.1 Å². The van der Waals surface area contributed by atoms with Crippen molar-refractivity contribution in [3.8, 4) is 5.75 Å². The Morgan fingerprint density at radius 1 is 0.563 bits per heavy atom. The highest BCUT2D eigenvalue weighted by Crippen LogP contribution is 2.33. The third-order valence-electron chi connectivity index (χ3n) is 15.1. The highest BCUT2D eigenvalue weighted by Gasteiger charge is 2.46. The molecule has 0 aliphatic carbocycles. The van der Waals surface area contributed by atoms with E-state index in [2.05, 4.69) is 25.0 Å². The van der Waals surface area contributed by atoms with E-state index in [-0.39, 0.29) is 111 Å². The van der Waals surface area contributed by atoms with Crippen molar-refractivity contribution in [2.24, 2.45) is 44.8 Å². The second kappa shape index (κ2) is 49.0. The summed E-state index contributed by atoms with van der Waals surface area (Å²) in [5, 5.41) is 68.8. The maximum atomic E-state index is 13.6. The third kappa shape index (κ3) is 33.6. The number of rotatable bonds is 54. The van der Waals surface area contributed by atoms with Crippen LogP contribution in [0.5, 0.6) is 5.75 Å². The second-order valence-corrected chi connectivity index (χ2v) is 23.0. The summed E-state index contributed by atoms with van der Waals surface area (Å²) in [6.07, 6.45) is -7.17. The number of likely N-dealkylation sites (N-methyl/N-ethyl adjacent to an activating group) is 2. The fraction of sp³-hybridized carbons (Fsp3) is 0.694. The number of aliphatic imine (C=N–C) groups is 2. The molecule has 38 nitrogen and oxygen atoms in total. The van der Waals surface area contributed by atoms with Crippen LogP contribution >= 0.6 is 0 Å². The maximum Gasteiger partial charge on any atom is 0.410 e. The van der Waals surface area contributed by atoms with Crippen LogP contribution in [-0.2, 0) is 93.9 Å². The monoisotopic (exact) mass is 1480 g/mol. The SMILES string of the molecule is C[C@@H]1[C@@H](N=C(N)N)C=C(C(=O)O)O[C@H]1C(OC(=O)N(C)CCOCCN(CCOCCOCCOCCOCc1cn(CCOCCOCCOCCOCCC(=O)Oc2c(F)cc(F)cc2F)nn1)CCOCCN(C)C(=O)O[C@@H]([C@@H]1OC(C(=O)O)=C[C@H](N=C(N)N)[C@H]1C)[C@H](O)CO)[C@H](O)CO. The fourth-order valence-electron chi connectivity index (χ4n) is 9.49. The lowest BCUT2D eigenvalue weighted by molar-refractivity contribution is -0.148. The lowest BCUT2D eigenvalue weighted by atomic mass is 9.87. The lowest BCUT2D eigenvalue weighted by Crippen LogP contribution is -2.52. The summed E-state index contributed by atoms with van der Waals surface area (Å²) in [4.78, 5) is 74.7. The van der Waals surface area contributed by atoms with Crippen LogP contribution in [0.4, 0.5) is 22.8 Å². The van der Waals surface area contributed by atoms with Crippen molar-refractivity contribution in [1.29, 1.82) is 0 Å². The number of aliphatic hydroxyl groups excluding tert-OH is 4. The molecule has 0 bridgehead atoms. The van der Waals surface area contributed by atoms with Crippen LogP contribution in [0, 0.1) is 29.3 Å². The number of carbonyl (C=O) groups excluding carboxylic acids is 3. The molecule has 41 heteroatoms. The Labute approximate surface area is 592 Å². The summed E-state index contributed by atoms with van der Waals surface area (Å²) in [7, 11) is 2.81. The first kappa shape index (κ1) is 87.5. The average Bonchev–Trinajstić information content (AvgIpc) is 1.56. The predicted octanol–water partition coefficient (Wildman–Crippen LogP) is -2.47. The molecule has 0 spiro atoms. The molecule has 0 saturated carbocycles. The normalized spacial score (nSPS) is 18.4. The smallest absolute Gasteiger partial charge is 0.410 e. The standard InChI is InChI=1S/C62H99F3N12O26/c1-39-45(70-59(66)67)33-49(57(83)84)99-52(39)55(47(80)36-78)102-61(87)74(3)6-13-90-15-8-76(9-16-91-14-7-75(4)62(88)103-56(48(81)37-79)53-40(2)46(71-60(68)69)34-50(100-53)58(85)86)10-17-92-20-23-95-27-28-97-29-30-98-38-42-35-77(73-72-42)11-18-93-21-24-96-26-25-94-22-19-89-12-5-51(82)101-54-43(64)31-41(63)32-44(54)65/h31-35,39-40,45-48,52-53,55-56,78-81H,5-30,36-38H2,1-4H3,(H,83,84)(H,85,86)(H4,66,67,70)(H4,68,69,71)/t39-,40-,45+,46+,47-,48-,52-,53-,55-,56?/m1/s1. The Balaban J connectivity index is 1.11. The molecule has 0 radical (unpaired) electrons. The van der Waals surface area contributed by atoms with E-state index in [1.165, 1.54) is 26.2 Å². The number of halogens is 3. The number of aromatic nitrogens is 3. The quantitative estimate of drug-likeness (QED) is 0.0108. The predicted molar refractivity (Wildman–Crippen MR) is 351 cm³/mol. The van der Waals surface area contributed by atoms with Crippen molar-refractivity contribution in [2.75, 3.05) is 186 Å². The van der Waals surface area contributed by atoms with Crippen LogP contribution in [0.15, 0.2) is 52.0 Å². The van der Waals surface area contributed by atoms with E-state index in [0.717, 1.165) is 9.80 Å². The number of nitrogens with two attached hydrogens (primary N) is 4. The van der Waals surface area contributed by atoms with Crippen LogP contribution in [0.1, 0.15) is 26.0 Å². The number of ether oxygens (including phenoxy) is 15. The highest BCUT2D eigenvalue weighted by atomic mass is 19.1. The van der Waals surface area contributed by atoms with Crippen molar-refractivity contribution < 1.29 is 139 Å². The first-order valence-electron chi connectivity index (χ1n) is 32.9. The van der Waals surface area contributed by atoms with Gasteiger partial charge in [0.15, 0.2) is 35.8 Å². The summed E-state index contributed by atoms with van der Waals surface area (Å²) in [5.41, 5.74) is 22.9. The third-order valence-corrected chi connectivity index (χ3v) is 15.1. The molecule has 2 aliphatic heterocycles. The summed E-state index contributed by atoms with van der Waals surface area (Å²) >= 11 is 0. The molecule has 2 amide bonds. The van der Waals surface area contributed by atoms with E-state index in [4.69, 9.17) is 89.3 Å². The van der Waals surface area contributed by atoms with E-state index >= 15 is 0 Å². The largest absolute Gasteiger partial charge is 0.479 e. The number of carboxylic acid groups (broad SMARTS) is 2. The van der Waals surface area contributed by atoms with Gasteiger partial charge in [-0.25, -0.2) is 47.0 Å². The first-order chi connectivity index (χ1) is 49.3. The van der Waals surface area contributed by atoms with Gasteiger partial charge >= 0.3 is 30.1 Å². The number of benzene rings is 1. The Morgan fingerprint density at radius 2 is 0.932 bits per heavy atom. The number of carbonyl (C=O) groups is 5. The van der Waals surface area contributed by atoms with Gasteiger partial charge in [0.2, 0.25) is 17.3 Å². The van der Waals surface area contributed by atoms with Gasteiger partial charge in [-0.1, -0.05) is 19.1 Å². The van der Waals surface area contributed by atoms with Gasteiger partial charge in [0.1, 0.15) is 35.9 Å². The summed E-state index contributed by atoms with van der Waals surface area (Å²) < 4.78 is 125.